The van der Waals surface area contributed by atoms with Crippen LogP contribution in [0, 0.1) is 22.9 Å². The van der Waals surface area contributed by atoms with Gasteiger partial charge in [0.15, 0.2) is 0 Å². The molecule has 0 atom stereocenters. The first-order chi connectivity index (χ1) is 6.50. The molecule has 0 radical (unpaired) electrons. The molecule has 0 aliphatic rings. The topological polar surface area (TPSA) is 43.1 Å². The van der Waals surface area contributed by atoms with Gasteiger partial charge in [-0.05, 0) is 30.2 Å². The number of benzene rings is 1. The maximum atomic E-state index is 12.8. The predicted octanol–water partition coefficient (Wildman–Crippen LogP) is 2.77. The zero-order chi connectivity index (χ0) is 10.7. The molecule has 0 fully saturated rings. The highest BCUT2D eigenvalue weighted by atomic mass is 19.1. The molecule has 0 N–H and O–H groups in total. The van der Waals surface area contributed by atoms with E-state index in [4.69, 9.17) is 0 Å². The van der Waals surface area contributed by atoms with Gasteiger partial charge in [0.1, 0.15) is 5.82 Å². The van der Waals surface area contributed by atoms with E-state index in [1.807, 2.05) is 0 Å². The summed E-state index contributed by atoms with van der Waals surface area (Å²) in [7, 11) is 0. The molecular formula is C10H10FNO2. The Kier molecular flexibility index (Phi) is 2.96. The van der Waals surface area contributed by atoms with E-state index in [9.17, 15) is 14.5 Å². The number of hydrogen-bond acceptors (Lipinski definition) is 2. The predicted molar refractivity (Wildman–Crippen MR) is 51.8 cm³/mol. The van der Waals surface area contributed by atoms with Crippen LogP contribution in [-0.4, -0.2) is 4.92 Å². The first-order valence-corrected chi connectivity index (χ1v) is 4.09. The van der Waals surface area contributed by atoms with Crippen molar-refractivity contribution < 1.29 is 9.31 Å². The fourth-order valence-electron chi connectivity index (χ4n) is 1.04. The van der Waals surface area contributed by atoms with Gasteiger partial charge < -0.3 is 0 Å². The van der Waals surface area contributed by atoms with E-state index in [0.29, 0.717) is 5.56 Å². The summed E-state index contributed by atoms with van der Waals surface area (Å²) in [6.07, 6.45) is 1.36. The Balaban J connectivity index is 3.13. The monoisotopic (exact) mass is 195 g/mol. The average Bonchev–Trinajstić information content (AvgIpc) is 2.11. The van der Waals surface area contributed by atoms with Crippen LogP contribution >= 0.6 is 0 Å². The summed E-state index contributed by atoms with van der Waals surface area (Å²) in [5, 5.41) is 10.3. The third-order valence-corrected chi connectivity index (χ3v) is 1.89. The van der Waals surface area contributed by atoms with E-state index in [1.54, 1.807) is 13.0 Å². The average molecular weight is 195 g/mol. The molecule has 0 bridgehead atoms. The first-order valence-electron chi connectivity index (χ1n) is 4.09. The van der Waals surface area contributed by atoms with Crippen molar-refractivity contribution in [2.24, 2.45) is 0 Å². The smallest absolute Gasteiger partial charge is 0.243 e. The highest BCUT2D eigenvalue weighted by Gasteiger charge is 2.04. The second kappa shape index (κ2) is 4.00. The lowest BCUT2D eigenvalue weighted by molar-refractivity contribution is -0.422. The molecule has 14 heavy (non-hydrogen) atoms. The third kappa shape index (κ3) is 2.39. The molecule has 74 valence electrons. The van der Waals surface area contributed by atoms with Crippen molar-refractivity contribution in [2.45, 2.75) is 13.8 Å². The molecular weight excluding hydrogens is 185 g/mol. The number of halogens is 1. The molecule has 0 unspecified atom stereocenters. The summed E-state index contributed by atoms with van der Waals surface area (Å²) in [6, 6.07) is 4.20. The van der Waals surface area contributed by atoms with Crippen molar-refractivity contribution in [2.75, 3.05) is 0 Å². The fraction of sp³-hybridized carbons (Fsp3) is 0.200. The standard InChI is InChI=1S/C10H10FNO2/c1-7-3-4-10(11)6-9(7)5-8(2)12(13)14/h3-6H,1-2H3/b8-5-. The van der Waals surface area contributed by atoms with Crippen LogP contribution < -0.4 is 0 Å². The highest BCUT2D eigenvalue weighted by molar-refractivity contribution is 5.54. The summed E-state index contributed by atoms with van der Waals surface area (Å²) in [5.74, 6) is -0.391. The van der Waals surface area contributed by atoms with Crippen molar-refractivity contribution in [1.82, 2.24) is 0 Å². The van der Waals surface area contributed by atoms with Crippen molar-refractivity contribution in [3.05, 3.63) is 51.0 Å². The van der Waals surface area contributed by atoms with Gasteiger partial charge in [0.05, 0.1) is 4.92 Å². The van der Waals surface area contributed by atoms with E-state index in [0.717, 1.165) is 5.56 Å². The molecule has 0 heterocycles. The summed E-state index contributed by atoms with van der Waals surface area (Å²) >= 11 is 0. The molecule has 1 aromatic rings. The minimum Gasteiger partial charge on any atom is -0.259 e. The summed E-state index contributed by atoms with van der Waals surface area (Å²) in [5.41, 5.74) is 1.35. The van der Waals surface area contributed by atoms with Gasteiger partial charge in [-0.1, -0.05) is 6.07 Å². The first kappa shape index (κ1) is 10.4. The molecule has 0 amide bonds. The van der Waals surface area contributed by atoms with Gasteiger partial charge >= 0.3 is 0 Å². The van der Waals surface area contributed by atoms with E-state index < -0.39 is 10.7 Å². The van der Waals surface area contributed by atoms with Crippen LogP contribution in [0.25, 0.3) is 6.08 Å². The Morgan fingerprint density at radius 3 is 2.79 bits per heavy atom. The second-order valence-electron chi connectivity index (χ2n) is 3.04. The number of aryl methyl sites for hydroxylation is 1. The largest absolute Gasteiger partial charge is 0.259 e. The van der Waals surface area contributed by atoms with Gasteiger partial charge in [0, 0.05) is 13.0 Å². The Hall–Kier alpha value is -1.71. The molecule has 0 spiro atoms. The zero-order valence-electron chi connectivity index (χ0n) is 7.95. The maximum absolute atomic E-state index is 12.8. The van der Waals surface area contributed by atoms with Gasteiger partial charge in [-0.3, -0.25) is 10.1 Å². The van der Waals surface area contributed by atoms with E-state index in [2.05, 4.69) is 0 Å². The van der Waals surface area contributed by atoms with Crippen LogP contribution in [0.1, 0.15) is 18.1 Å². The summed E-state index contributed by atoms with van der Waals surface area (Å²) < 4.78 is 12.8. The van der Waals surface area contributed by atoms with E-state index in [-0.39, 0.29) is 5.70 Å². The number of nitro groups is 1. The van der Waals surface area contributed by atoms with Crippen LogP contribution in [0.15, 0.2) is 23.9 Å². The van der Waals surface area contributed by atoms with Gasteiger partial charge in [0.25, 0.3) is 0 Å². The Labute approximate surface area is 81.0 Å². The van der Waals surface area contributed by atoms with Crippen LogP contribution in [0.2, 0.25) is 0 Å². The third-order valence-electron chi connectivity index (χ3n) is 1.89. The van der Waals surface area contributed by atoms with Gasteiger partial charge in [-0.25, -0.2) is 4.39 Å². The quantitative estimate of drug-likeness (QED) is 0.538. The molecule has 0 saturated heterocycles. The highest BCUT2D eigenvalue weighted by Crippen LogP contribution is 2.14. The SMILES string of the molecule is C/C(=C/c1cc(F)ccc1C)[N+](=O)[O-]. The lowest BCUT2D eigenvalue weighted by atomic mass is 10.1. The Bertz CT molecular complexity index is 399. The van der Waals surface area contributed by atoms with Crippen molar-refractivity contribution >= 4 is 6.08 Å². The number of allylic oxidation sites excluding steroid dienone is 1. The van der Waals surface area contributed by atoms with Crippen LogP contribution in [-0.2, 0) is 0 Å². The molecule has 4 heteroatoms. The zero-order valence-corrected chi connectivity index (χ0v) is 7.95. The van der Waals surface area contributed by atoms with Crippen LogP contribution in [0.4, 0.5) is 4.39 Å². The Morgan fingerprint density at radius 1 is 1.57 bits per heavy atom. The van der Waals surface area contributed by atoms with Crippen molar-refractivity contribution in [1.29, 1.82) is 0 Å². The van der Waals surface area contributed by atoms with Crippen molar-refractivity contribution in [3.63, 3.8) is 0 Å². The van der Waals surface area contributed by atoms with Crippen LogP contribution in [0.5, 0.6) is 0 Å². The van der Waals surface area contributed by atoms with Crippen molar-refractivity contribution in [3.8, 4) is 0 Å². The lowest BCUT2D eigenvalue weighted by Crippen LogP contribution is -1.94. The summed E-state index contributed by atoms with van der Waals surface area (Å²) in [6.45, 7) is 3.16. The Morgan fingerprint density at radius 2 is 2.21 bits per heavy atom. The minimum absolute atomic E-state index is 0.00120. The van der Waals surface area contributed by atoms with E-state index in [1.165, 1.54) is 25.1 Å². The van der Waals surface area contributed by atoms with Gasteiger partial charge in [-0.15, -0.1) is 0 Å². The number of nitrogens with zero attached hydrogens (tertiary/aromatic N) is 1. The number of hydrogen-bond donors (Lipinski definition) is 0. The molecule has 0 aliphatic heterocycles. The molecule has 1 rings (SSSR count). The maximum Gasteiger partial charge on any atom is 0.243 e. The van der Waals surface area contributed by atoms with Gasteiger partial charge in [0.2, 0.25) is 5.70 Å². The molecule has 0 saturated carbocycles. The molecule has 1 aromatic carbocycles. The summed E-state index contributed by atoms with van der Waals surface area (Å²) in [4.78, 5) is 9.85. The molecule has 0 aromatic heterocycles. The van der Waals surface area contributed by atoms with E-state index >= 15 is 0 Å². The molecule has 3 nitrogen and oxygen atoms in total. The minimum atomic E-state index is -0.496. The fourth-order valence-corrected chi connectivity index (χ4v) is 1.04. The second-order valence-corrected chi connectivity index (χ2v) is 3.04. The molecule has 0 aliphatic carbocycles. The van der Waals surface area contributed by atoms with Gasteiger partial charge in [-0.2, -0.15) is 0 Å². The lowest BCUT2D eigenvalue weighted by Gasteiger charge is -1.99. The number of rotatable bonds is 2. The van der Waals surface area contributed by atoms with Crippen LogP contribution in [0.3, 0.4) is 0 Å². The normalized spacial score (nSPS) is 11.5.